The van der Waals surface area contributed by atoms with Crippen molar-refractivity contribution in [2.75, 3.05) is 6.54 Å². The summed E-state index contributed by atoms with van der Waals surface area (Å²) in [6, 6.07) is 17.1. The maximum atomic E-state index is 12.7. The van der Waals surface area contributed by atoms with Crippen LogP contribution in [0.4, 0.5) is 0 Å². The summed E-state index contributed by atoms with van der Waals surface area (Å²) < 4.78 is 0. The molecule has 0 bridgehead atoms. The van der Waals surface area contributed by atoms with E-state index in [1.54, 1.807) is 0 Å². The summed E-state index contributed by atoms with van der Waals surface area (Å²) >= 11 is 0. The van der Waals surface area contributed by atoms with Gasteiger partial charge < -0.3 is 16.0 Å². The lowest BCUT2D eigenvalue weighted by molar-refractivity contribution is -0.122. The Morgan fingerprint density at radius 3 is 2.45 bits per heavy atom. The zero-order valence-corrected chi connectivity index (χ0v) is 17.8. The number of rotatable bonds is 6. The zero-order valence-electron chi connectivity index (χ0n) is 17.0. The Kier molecular flexibility index (Phi) is 8.68. The minimum Gasteiger partial charge on any atom is -0.352 e. The Balaban J connectivity index is 0.00000300. The van der Waals surface area contributed by atoms with Crippen LogP contribution in [0.1, 0.15) is 53.7 Å². The van der Waals surface area contributed by atoms with E-state index >= 15 is 0 Å². The number of aryl methyl sites for hydroxylation is 1. The van der Waals surface area contributed by atoms with Crippen LogP contribution in [-0.2, 0) is 4.79 Å². The number of benzene rings is 2. The molecule has 2 aromatic rings. The van der Waals surface area contributed by atoms with Crippen molar-refractivity contribution in [2.24, 2.45) is 0 Å². The van der Waals surface area contributed by atoms with Gasteiger partial charge in [0.1, 0.15) is 0 Å². The minimum absolute atomic E-state index is 0. The lowest BCUT2D eigenvalue weighted by Crippen LogP contribution is -2.52. The second-order valence-electron chi connectivity index (χ2n) is 7.57. The molecule has 3 atom stereocenters. The standard InChI is InChI=1S/C23H29N3O2.ClH/c1-16-10-12-19(13-11-16)23(28)26-21(18-7-4-3-5-8-18)15-22(27)25-20-9-6-14-24-17(20)2;/h3-5,7-8,10-13,17,20-21,24H,6,9,14-15H2,1-2H3,(H,25,27)(H,26,28);1H. The second kappa shape index (κ2) is 11.0. The molecule has 3 N–H and O–H groups in total. The Morgan fingerprint density at radius 1 is 1.10 bits per heavy atom. The molecule has 0 radical (unpaired) electrons. The van der Waals surface area contributed by atoms with Gasteiger partial charge in [0.05, 0.1) is 12.5 Å². The maximum Gasteiger partial charge on any atom is 0.251 e. The summed E-state index contributed by atoms with van der Waals surface area (Å²) in [5, 5.41) is 9.57. The quantitative estimate of drug-likeness (QED) is 0.675. The van der Waals surface area contributed by atoms with Crippen molar-refractivity contribution in [2.45, 2.75) is 51.2 Å². The van der Waals surface area contributed by atoms with E-state index in [2.05, 4.69) is 22.9 Å². The maximum absolute atomic E-state index is 12.7. The topological polar surface area (TPSA) is 70.2 Å². The molecule has 3 unspecified atom stereocenters. The molecule has 6 heteroatoms. The van der Waals surface area contributed by atoms with E-state index in [1.165, 1.54) is 0 Å². The average Bonchev–Trinajstić information content (AvgIpc) is 2.70. The van der Waals surface area contributed by atoms with Gasteiger partial charge in [0.25, 0.3) is 5.91 Å². The number of amides is 2. The Bertz CT molecular complexity index is 796. The smallest absolute Gasteiger partial charge is 0.251 e. The molecule has 2 amide bonds. The van der Waals surface area contributed by atoms with Crippen molar-refractivity contribution in [3.05, 3.63) is 71.3 Å². The first-order valence-corrected chi connectivity index (χ1v) is 9.98. The summed E-state index contributed by atoms with van der Waals surface area (Å²) in [5.41, 5.74) is 2.62. The van der Waals surface area contributed by atoms with Crippen molar-refractivity contribution in [3.8, 4) is 0 Å². The highest BCUT2D eigenvalue weighted by Crippen LogP contribution is 2.18. The SMILES string of the molecule is Cc1ccc(C(=O)NC(CC(=O)NC2CCCNC2C)c2ccccc2)cc1.Cl. The lowest BCUT2D eigenvalue weighted by atomic mass is 9.98. The average molecular weight is 416 g/mol. The molecule has 1 saturated heterocycles. The van der Waals surface area contributed by atoms with Crippen molar-refractivity contribution < 1.29 is 9.59 Å². The van der Waals surface area contributed by atoms with Gasteiger partial charge in [0.15, 0.2) is 0 Å². The molecule has 0 spiro atoms. The van der Waals surface area contributed by atoms with Crippen LogP contribution in [0, 0.1) is 6.92 Å². The monoisotopic (exact) mass is 415 g/mol. The molecule has 1 heterocycles. The van der Waals surface area contributed by atoms with Crippen LogP contribution in [0.15, 0.2) is 54.6 Å². The van der Waals surface area contributed by atoms with E-state index in [9.17, 15) is 9.59 Å². The van der Waals surface area contributed by atoms with E-state index in [4.69, 9.17) is 0 Å². The first kappa shape index (κ1) is 22.9. The molecule has 5 nitrogen and oxygen atoms in total. The van der Waals surface area contributed by atoms with Crippen LogP contribution in [0.25, 0.3) is 0 Å². The Hall–Kier alpha value is -2.37. The number of hydrogen-bond acceptors (Lipinski definition) is 3. The zero-order chi connectivity index (χ0) is 19.9. The largest absolute Gasteiger partial charge is 0.352 e. The van der Waals surface area contributed by atoms with E-state index in [0.717, 1.165) is 30.5 Å². The van der Waals surface area contributed by atoms with Crippen LogP contribution in [0.2, 0.25) is 0 Å². The molecular formula is C23H30ClN3O2. The van der Waals surface area contributed by atoms with Crippen LogP contribution < -0.4 is 16.0 Å². The summed E-state index contributed by atoms with van der Waals surface area (Å²) in [4.78, 5) is 25.4. The summed E-state index contributed by atoms with van der Waals surface area (Å²) in [5.74, 6) is -0.215. The second-order valence-corrected chi connectivity index (χ2v) is 7.57. The first-order valence-electron chi connectivity index (χ1n) is 9.98. The van der Waals surface area contributed by atoms with E-state index in [1.807, 2.05) is 61.5 Å². The molecule has 3 rings (SSSR count). The number of halogens is 1. The number of carbonyl (C=O) groups excluding carboxylic acids is 2. The van der Waals surface area contributed by atoms with Gasteiger partial charge in [-0.15, -0.1) is 12.4 Å². The Labute approximate surface area is 179 Å². The van der Waals surface area contributed by atoms with Gasteiger partial charge in [0.2, 0.25) is 5.91 Å². The molecular weight excluding hydrogens is 386 g/mol. The highest BCUT2D eigenvalue weighted by atomic mass is 35.5. The number of nitrogens with one attached hydrogen (secondary N) is 3. The van der Waals surface area contributed by atoms with Gasteiger partial charge >= 0.3 is 0 Å². The van der Waals surface area contributed by atoms with Crippen LogP contribution in [0.3, 0.4) is 0 Å². The van der Waals surface area contributed by atoms with E-state index < -0.39 is 0 Å². The molecule has 29 heavy (non-hydrogen) atoms. The van der Waals surface area contributed by atoms with Crippen molar-refractivity contribution in [1.82, 2.24) is 16.0 Å². The lowest BCUT2D eigenvalue weighted by Gasteiger charge is -2.31. The third-order valence-corrected chi connectivity index (χ3v) is 5.32. The van der Waals surface area contributed by atoms with Crippen molar-refractivity contribution in [1.29, 1.82) is 0 Å². The molecule has 156 valence electrons. The molecule has 2 aromatic carbocycles. The predicted octanol–water partition coefficient (Wildman–Crippen LogP) is 3.53. The predicted molar refractivity (Wildman–Crippen MR) is 118 cm³/mol. The normalized spacial score (nSPS) is 19.5. The van der Waals surface area contributed by atoms with Gasteiger partial charge in [-0.3, -0.25) is 9.59 Å². The molecule has 0 aromatic heterocycles. The highest BCUT2D eigenvalue weighted by molar-refractivity contribution is 5.94. The summed E-state index contributed by atoms with van der Waals surface area (Å²) in [7, 11) is 0. The van der Waals surface area contributed by atoms with E-state index in [0.29, 0.717) is 5.56 Å². The van der Waals surface area contributed by atoms with Gasteiger partial charge in [-0.2, -0.15) is 0 Å². The van der Waals surface area contributed by atoms with Crippen LogP contribution in [-0.4, -0.2) is 30.4 Å². The number of piperidine rings is 1. The Morgan fingerprint density at radius 2 is 1.79 bits per heavy atom. The number of carbonyl (C=O) groups is 2. The fourth-order valence-corrected chi connectivity index (χ4v) is 3.58. The first-order chi connectivity index (χ1) is 13.5. The molecule has 1 aliphatic rings. The summed E-state index contributed by atoms with van der Waals surface area (Å²) in [6.07, 6.45) is 2.25. The van der Waals surface area contributed by atoms with Gasteiger partial charge in [0, 0.05) is 17.6 Å². The van der Waals surface area contributed by atoms with Crippen molar-refractivity contribution >= 4 is 24.2 Å². The van der Waals surface area contributed by atoms with Crippen molar-refractivity contribution in [3.63, 3.8) is 0 Å². The molecule has 0 aliphatic carbocycles. The molecule has 1 fully saturated rings. The van der Waals surface area contributed by atoms with Crippen LogP contribution in [0.5, 0.6) is 0 Å². The summed E-state index contributed by atoms with van der Waals surface area (Å²) in [6.45, 7) is 5.07. The molecule has 0 saturated carbocycles. The fourth-order valence-electron chi connectivity index (χ4n) is 3.58. The van der Waals surface area contributed by atoms with Gasteiger partial charge in [-0.1, -0.05) is 48.0 Å². The fraction of sp³-hybridized carbons (Fsp3) is 0.391. The third kappa shape index (κ3) is 6.58. The van der Waals surface area contributed by atoms with E-state index in [-0.39, 0.29) is 48.8 Å². The minimum atomic E-state index is -0.373. The third-order valence-electron chi connectivity index (χ3n) is 5.32. The van der Waals surface area contributed by atoms with Gasteiger partial charge in [-0.05, 0) is 50.9 Å². The molecule has 1 aliphatic heterocycles. The highest BCUT2D eigenvalue weighted by Gasteiger charge is 2.25. The van der Waals surface area contributed by atoms with Gasteiger partial charge in [-0.25, -0.2) is 0 Å². The number of hydrogen-bond donors (Lipinski definition) is 3. The van der Waals surface area contributed by atoms with Crippen LogP contribution >= 0.6 is 12.4 Å².